The summed E-state index contributed by atoms with van der Waals surface area (Å²) in [5.74, 6) is -3.25. The number of para-hydroxylation sites is 1. The van der Waals surface area contributed by atoms with E-state index in [1.165, 1.54) is 19.4 Å². The van der Waals surface area contributed by atoms with Crippen LogP contribution in [0, 0.1) is 0 Å². The van der Waals surface area contributed by atoms with Gasteiger partial charge in [-0.15, -0.1) is 0 Å². The Balaban J connectivity index is 1.15. The SMILES string of the molecule is C[C@H](NC(=O)[C@H](Cc1c[nH]c2ccccc12)NC(=O)[C@H](COCc1ccccc1)NC(=O)[C@H](Cc1ccc(OCc2ccccc2)cc1)NC(=O)[C@H](Cc1cnc[nH]1)NC(=O)OCc1ccccc1)C(N)=O. The second-order valence-electron chi connectivity index (χ2n) is 17.0. The van der Waals surface area contributed by atoms with Crippen LogP contribution < -0.4 is 37.1 Å². The number of nitrogens with zero attached hydrogens (tertiary/aromatic N) is 1. The van der Waals surface area contributed by atoms with Crippen molar-refractivity contribution >= 4 is 46.5 Å². The number of nitrogens with one attached hydrogen (secondary N) is 7. The molecule has 0 spiro atoms. The first kappa shape index (κ1) is 51.1. The fraction of sp³-hybridized carbons (Fsp3) is 0.241. The van der Waals surface area contributed by atoms with Crippen molar-refractivity contribution in [2.24, 2.45) is 5.73 Å². The zero-order chi connectivity index (χ0) is 50.7. The number of rotatable bonds is 25. The minimum atomic E-state index is -1.44. The van der Waals surface area contributed by atoms with Crippen molar-refractivity contribution < 1.29 is 43.0 Å². The van der Waals surface area contributed by atoms with Crippen LogP contribution >= 0.6 is 0 Å². The minimum absolute atomic E-state index is 0.0130. The highest BCUT2D eigenvalue weighted by Gasteiger charge is 2.33. The van der Waals surface area contributed by atoms with E-state index in [4.69, 9.17) is 19.9 Å². The van der Waals surface area contributed by atoms with Crippen molar-refractivity contribution in [3.05, 3.63) is 192 Å². The molecule has 0 radical (unpaired) electrons. The normalized spacial score (nSPS) is 13.1. The van der Waals surface area contributed by atoms with E-state index in [0.29, 0.717) is 29.2 Å². The van der Waals surface area contributed by atoms with Crippen LogP contribution in [0.25, 0.3) is 10.9 Å². The maximum atomic E-state index is 14.8. The summed E-state index contributed by atoms with van der Waals surface area (Å²) >= 11 is 0. The molecule has 0 aliphatic rings. The molecule has 2 aromatic heterocycles. The molecule has 0 saturated carbocycles. The number of imidazole rings is 1. The molecule has 7 aromatic rings. The van der Waals surface area contributed by atoms with Gasteiger partial charge in [0.25, 0.3) is 0 Å². The zero-order valence-electron chi connectivity index (χ0n) is 39.5. The molecule has 0 bridgehead atoms. The van der Waals surface area contributed by atoms with Gasteiger partial charge in [-0.05, 0) is 52.9 Å². The van der Waals surface area contributed by atoms with E-state index in [2.05, 4.69) is 41.5 Å². The van der Waals surface area contributed by atoms with Crippen molar-refractivity contribution in [1.82, 2.24) is 41.5 Å². The molecule has 372 valence electrons. The number of ether oxygens (including phenoxy) is 3. The molecule has 0 aliphatic heterocycles. The molecule has 6 amide bonds. The highest BCUT2D eigenvalue weighted by atomic mass is 16.5. The average molecular weight is 976 g/mol. The summed E-state index contributed by atoms with van der Waals surface area (Å²) < 4.78 is 17.5. The highest BCUT2D eigenvalue weighted by molar-refractivity contribution is 5.97. The molecule has 7 rings (SSSR count). The first-order valence-corrected chi connectivity index (χ1v) is 23.3. The van der Waals surface area contributed by atoms with Crippen LogP contribution in [-0.4, -0.2) is 87.4 Å². The quantitative estimate of drug-likeness (QED) is 0.0399. The van der Waals surface area contributed by atoms with E-state index in [1.54, 1.807) is 54.7 Å². The van der Waals surface area contributed by atoms with Gasteiger partial charge in [0.05, 0.1) is 19.5 Å². The molecule has 0 saturated heterocycles. The van der Waals surface area contributed by atoms with Crippen LogP contribution in [0.2, 0.25) is 0 Å². The predicted molar refractivity (Wildman–Crippen MR) is 267 cm³/mol. The van der Waals surface area contributed by atoms with Gasteiger partial charge >= 0.3 is 6.09 Å². The summed E-state index contributed by atoms with van der Waals surface area (Å²) in [7, 11) is 0. The van der Waals surface area contributed by atoms with E-state index in [0.717, 1.165) is 27.6 Å². The smallest absolute Gasteiger partial charge is 0.408 e. The average Bonchev–Trinajstić information content (AvgIpc) is 4.08. The lowest BCUT2D eigenvalue weighted by atomic mass is 10.0. The molecule has 0 unspecified atom stereocenters. The number of aromatic nitrogens is 3. The zero-order valence-corrected chi connectivity index (χ0v) is 39.5. The lowest BCUT2D eigenvalue weighted by Crippen LogP contribution is -2.60. The van der Waals surface area contributed by atoms with E-state index in [9.17, 15) is 28.8 Å². The second kappa shape index (κ2) is 25.7. The molecule has 9 N–H and O–H groups in total. The number of hydrogen-bond donors (Lipinski definition) is 8. The molecular weight excluding hydrogens is 919 g/mol. The molecule has 72 heavy (non-hydrogen) atoms. The number of H-pyrrole nitrogens is 2. The molecule has 0 aliphatic carbocycles. The third kappa shape index (κ3) is 15.4. The van der Waals surface area contributed by atoms with E-state index in [-0.39, 0.29) is 39.1 Å². The first-order valence-electron chi connectivity index (χ1n) is 23.3. The standard InChI is InChI=1S/C54H57N9O9/c1-35(49(55)64)59-50(65)46(26-40-28-57-44-20-12-11-19-43(40)44)61-53(68)48(33-70-30-37-13-5-2-6-14-37)62-51(66)45(25-36-21-23-42(24-22-36)71-31-38-15-7-3-8-16-38)60-52(67)47(27-41-29-56-34-58-41)63-54(69)72-32-39-17-9-4-10-18-39/h2-24,28-29,34-35,45-48,57H,25-27,30-33H2,1H3,(H2,55,64)(H,56,58)(H,59,65)(H,60,67)(H,61,68)(H,62,66)(H,63,69)/t35-,45-,46-,47-,48-/m0/s1. The summed E-state index contributed by atoms with van der Waals surface area (Å²) in [4.78, 5) is 93.1. The van der Waals surface area contributed by atoms with Crippen LogP contribution in [0.4, 0.5) is 4.79 Å². The maximum absolute atomic E-state index is 14.8. The Morgan fingerprint density at radius 3 is 1.72 bits per heavy atom. The number of primary amides is 1. The molecule has 18 nitrogen and oxygen atoms in total. The summed E-state index contributed by atoms with van der Waals surface area (Å²) in [6, 6.07) is 35.9. The summed E-state index contributed by atoms with van der Waals surface area (Å²) in [6.45, 7) is 1.39. The van der Waals surface area contributed by atoms with Crippen LogP contribution in [0.5, 0.6) is 5.75 Å². The summed E-state index contributed by atoms with van der Waals surface area (Å²) in [5, 5.41) is 14.4. The van der Waals surface area contributed by atoms with Gasteiger partial charge in [0, 0.05) is 48.3 Å². The number of alkyl carbamates (subject to hydrolysis) is 1. The van der Waals surface area contributed by atoms with E-state index >= 15 is 0 Å². The number of fused-ring (bicyclic) bond motifs is 1. The maximum Gasteiger partial charge on any atom is 0.408 e. The number of aromatic amines is 2. The predicted octanol–water partition coefficient (Wildman–Crippen LogP) is 4.45. The fourth-order valence-corrected chi connectivity index (χ4v) is 7.62. The first-order chi connectivity index (χ1) is 35.0. The number of nitrogens with two attached hydrogens (primary N) is 1. The van der Waals surface area contributed by atoms with Crippen LogP contribution in [0.1, 0.15) is 40.4 Å². The van der Waals surface area contributed by atoms with Gasteiger partial charge in [-0.3, -0.25) is 24.0 Å². The van der Waals surface area contributed by atoms with Crippen molar-refractivity contribution in [1.29, 1.82) is 0 Å². The minimum Gasteiger partial charge on any atom is -0.489 e. The van der Waals surface area contributed by atoms with Gasteiger partial charge in [-0.1, -0.05) is 121 Å². The molecule has 0 fully saturated rings. The number of carbonyl (C=O) groups excluding carboxylic acids is 6. The van der Waals surface area contributed by atoms with Gasteiger partial charge in [-0.2, -0.15) is 0 Å². The molecular formula is C54H57N9O9. The van der Waals surface area contributed by atoms with Gasteiger partial charge in [0.15, 0.2) is 0 Å². The monoisotopic (exact) mass is 975 g/mol. The number of amides is 6. The number of benzene rings is 5. The van der Waals surface area contributed by atoms with E-state index in [1.807, 2.05) is 91.0 Å². The topological polar surface area (TPSA) is 261 Å². The largest absolute Gasteiger partial charge is 0.489 e. The van der Waals surface area contributed by atoms with E-state index < -0.39 is 65.8 Å². The fourth-order valence-electron chi connectivity index (χ4n) is 7.62. The Kier molecular flexibility index (Phi) is 18.3. The van der Waals surface area contributed by atoms with Gasteiger partial charge < -0.3 is 56.5 Å². The number of carbonyl (C=O) groups is 6. The Bertz CT molecular complexity index is 2860. The Morgan fingerprint density at radius 2 is 1.10 bits per heavy atom. The Hall–Kier alpha value is -8.77. The number of hydrogen-bond acceptors (Lipinski definition) is 10. The third-order valence-electron chi connectivity index (χ3n) is 11.6. The highest BCUT2D eigenvalue weighted by Crippen LogP contribution is 2.20. The second-order valence-corrected chi connectivity index (χ2v) is 17.0. The molecule has 5 atom stereocenters. The lowest BCUT2D eigenvalue weighted by molar-refractivity contribution is -0.135. The van der Waals surface area contributed by atoms with Crippen LogP contribution in [-0.2, 0) is 72.5 Å². The van der Waals surface area contributed by atoms with Crippen molar-refractivity contribution in [3.63, 3.8) is 0 Å². The summed E-state index contributed by atoms with van der Waals surface area (Å²) in [6.07, 6.45) is 3.63. The van der Waals surface area contributed by atoms with Crippen molar-refractivity contribution in [2.45, 2.75) is 76.2 Å². The Labute approximate surface area is 415 Å². The van der Waals surface area contributed by atoms with Gasteiger partial charge in [0.2, 0.25) is 29.5 Å². The molecule has 2 heterocycles. The van der Waals surface area contributed by atoms with Crippen LogP contribution in [0.15, 0.2) is 158 Å². The summed E-state index contributed by atoms with van der Waals surface area (Å²) in [5.41, 5.74) is 10.6. The lowest BCUT2D eigenvalue weighted by Gasteiger charge is -2.27. The van der Waals surface area contributed by atoms with Gasteiger partial charge in [0.1, 0.15) is 49.2 Å². The molecule has 5 aromatic carbocycles. The van der Waals surface area contributed by atoms with Gasteiger partial charge in [-0.25, -0.2) is 9.78 Å². The Morgan fingerprint density at radius 1 is 0.556 bits per heavy atom. The third-order valence-corrected chi connectivity index (χ3v) is 11.6. The van der Waals surface area contributed by atoms with Crippen LogP contribution in [0.3, 0.4) is 0 Å². The van der Waals surface area contributed by atoms with Crippen molar-refractivity contribution in [2.75, 3.05) is 6.61 Å². The van der Waals surface area contributed by atoms with Crippen molar-refractivity contribution in [3.8, 4) is 5.75 Å². The molecule has 18 heteroatoms.